The Morgan fingerprint density at radius 2 is 1.94 bits per heavy atom. The predicted molar refractivity (Wildman–Crippen MR) is 69.2 cm³/mol. The van der Waals surface area contributed by atoms with E-state index in [0.717, 1.165) is 0 Å². The zero-order valence-corrected chi connectivity index (χ0v) is 11.0. The third-order valence-electron chi connectivity index (χ3n) is 3.33. The maximum Gasteiger partial charge on any atom is 0.251 e. The average Bonchev–Trinajstić information content (AvgIpc) is 3.22. The highest BCUT2D eigenvalue weighted by atomic mass is 16.5. The van der Waals surface area contributed by atoms with Crippen LogP contribution in [-0.2, 0) is 0 Å². The van der Waals surface area contributed by atoms with Gasteiger partial charge >= 0.3 is 0 Å². The molecular formula is C14H19NO3. The highest BCUT2D eigenvalue weighted by Crippen LogP contribution is 2.32. The number of hydrogen-bond donors (Lipinski definition) is 1. The number of carbonyl (C=O) groups excluding carboxylic acids is 1. The van der Waals surface area contributed by atoms with Crippen LogP contribution in [0.1, 0.15) is 30.1 Å². The van der Waals surface area contributed by atoms with Gasteiger partial charge in [0.05, 0.1) is 14.2 Å². The number of carbonyl (C=O) groups is 1. The quantitative estimate of drug-likeness (QED) is 0.870. The molecule has 98 valence electrons. The minimum Gasteiger partial charge on any atom is -0.493 e. The van der Waals surface area contributed by atoms with Gasteiger partial charge in [-0.25, -0.2) is 0 Å². The summed E-state index contributed by atoms with van der Waals surface area (Å²) in [5, 5.41) is 3.01. The molecule has 0 aromatic heterocycles. The van der Waals surface area contributed by atoms with Gasteiger partial charge in [-0.05, 0) is 43.9 Å². The number of methoxy groups -OCH3 is 2. The lowest BCUT2D eigenvalue weighted by molar-refractivity contribution is 0.0935. The Morgan fingerprint density at radius 1 is 1.28 bits per heavy atom. The monoisotopic (exact) mass is 249 g/mol. The Bertz CT molecular complexity index is 441. The van der Waals surface area contributed by atoms with Crippen LogP contribution in [-0.4, -0.2) is 26.2 Å². The normalized spacial score (nSPS) is 15.9. The molecule has 1 aliphatic rings. The molecular weight excluding hydrogens is 230 g/mol. The maximum atomic E-state index is 12.0. The SMILES string of the molecule is COc1ccc(C(=O)NC(C)C2CC2)cc1OC. The second-order valence-corrected chi connectivity index (χ2v) is 4.67. The summed E-state index contributed by atoms with van der Waals surface area (Å²) in [6.07, 6.45) is 2.43. The second kappa shape index (κ2) is 5.29. The number of rotatable bonds is 5. The van der Waals surface area contributed by atoms with Crippen molar-refractivity contribution < 1.29 is 14.3 Å². The topological polar surface area (TPSA) is 47.6 Å². The summed E-state index contributed by atoms with van der Waals surface area (Å²) in [6, 6.07) is 5.44. The van der Waals surface area contributed by atoms with Crippen LogP contribution in [0.2, 0.25) is 0 Å². The smallest absolute Gasteiger partial charge is 0.251 e. The standard InChI is InChI=1S/C14H19NO3/c1-9(10-4-5-10)15-14(16)11-6-7-12(17-2)13(8-11)18-3/h6-10H,4-5H2,1-3H3,(H,15,16). The first-order chi connectivity index (χ1) is 8.65. The Morgan fingerprint density at radius 3 is 2.50 bits per heavy atom. The van der Waals surface area contributed by atoms with E-state index >= 15 is 0 Å². The molecule has 1 unspecified atom stereocenters. The fourth-order valence-electron chi connectivity index (χ4n) is 1.98. The van der Waals surface area contributed by atoms with Crippen molar-refractivity contribution in [1.82, 2.24) is 5.32 Å². The van der Waals surface area contributed by atoms with Crippen LogP contribution in [0, 0.1) is 5.92 Å². The largest absolute Gasteiger partial charge is 0.493 e. The van der Waals surface area contributed by atoms with E-state index in [9.17, 15) is 4.79 Å². The first-order valence-electron chi connectivity index (χ1n) is 6.18. The number of ether oxygens (including phenoxy) is 2. The zero-order chi connectivity index (χ0) is 13.1. The van der Waals surface area contributed by atoms with Gasteiger partial charge in [0.2, 0.25) is 0 Å². The predicted octanol–water partition coefficient (Wildman–Crippen LogP) is 2.23. The molecule has 0 heterocycles. The molecule has 4 heteroatoms. The van der Waals surface area contributed by atoms with Gasteiger partial charge in [-0.2, -0.15) is 0 Å². The van der Waals surface area contributed by atoms with Crippen LogP contribution in [0.5, 0.6) is 11.5 Å². The molecule has 0 spiro atoms. The van der Waals surface area contributed by atoms with Crippen molar-refractivity contribution in [3.05, 3.63) is 23.8 Å². The Balaban J connectivity index is 2.09. The van der Waals surface area contributed by atoms with Crippen molar-refractivity contribution >= 4 is 5.91 Å². The molecule has 0 radical (unpaired) electrons. The summed E-state index contributed by atoms with van der Waals surface area (Å²) >= 11 is 0. The van der Waals surface area contributed by atoms with Crippen LogP contribution in [0.25, 0.3) is 0 Å². The van der Waals surface area contributed by atoms with Gasteiger partial charge in [-0.15, -0.1) is 0 Å². The summed E-state index contributed by atoms with van der Waals surface area (Å²) in [6.45, 7) is 2.05. The Labute approximate surface area is 107 Å². The maximum absolute atomic E-state index is 12.0. The van der Waals surface area contributed by atoms with Crippen LogP contribution < -0.4 is 14.8 Å². The molecule has 0 saturated heterocycles. The first kappa shape index (κ1) is 12.7. The summed E-state index contributed by atoms with van der Waals surface area (Å²) in [5.41, 5.74) is 0.597. The molecule has 2 rings (SSSR count). The summed E-state index contributed by atoms with van der Waals surface area (Å²) < 4.78 is 10.3. The first-order valence-corrected chi connectivity index (χ1v) is 6.18. The summed E-state index contributed by atoms with van der Waals surface area (Å²) in [7, 11) is 3.14. The van der Waals surface area contributed by atoms with Gasteiger partial charge in [-0.3, -0.25) is 4.79 Å². The van der Waals surface area contributed by atoms with E-state index in [0.29, 0.717) is 23.0 Å². The van der Waals surface area contributed by atoms with E-state index in [2.05, 4.69) is 12.2 Å². The Hall–Kier alpha value is -1.71. The van der Waals surface area contributed by atoms with Crippen LogP contribution >= 0.6 is 0 Å². The molecule has 0 bridgehead atoms. The molecule has 4 nitrogen and oxygen atoms in total. The lowest BCUT2D eigenvalue weighted by Crippen LogP contribution is -2.33. The van der Waals surface area contributed by atoms with E-state index < -0.39 is 0 Å². The summed E-state index contributed by atoms with van der Waals surface area (Å²) in [4.78, 5) is 12.0. The molecule has 18 heavy (non-hydrogen) atoms. The van der Waals surface area contributed by atoms with Gasteiger partial charge in [-0.1, -0.05) is 0 Å². The minimum absolute atomic E-state index is 0.0599. The van der Waals surface area contributed by atoms with Crippen molar-refractivity contribution in [2.45, 2.75) is 25.8 Å². The highest BCUT2D eigenvalue weighted by Gasteiger charge is 2.29. The minimum atomic E-state index is -0.0599. The van der Waals surface area contributed by atoms with Crippen molar-refractivity contribution in [3.8, 4) is 11.5 Å². The van der Waals surface area contributed by atoms with Crippen molar-refractivity contribution in [3.63, 3.8) is 0 Å². The van der Waals surface area contributed by atoms with Gasteiger partial charge < -0.3 is 14.8 Å². The second-order valence-electron chi connectivity index (χ2n) is 4.67. The number of amides is 1. The van der Waals surface area contributed by atoms with Gasteiger partial charge in [0.15, 0.2) is 11.5 Å². The highest BCUT2D eigenvalue weighted by molar-refractivity contribution is 5.95. The number of hydrogen-bond acceptors (Lipinski definition) is 3. The van der Waals surface area contributed by atoms with Gasteiger partial charge in [0.1, 0.15) is 0 Å². The average molecular weight is 249 g/mol. The fraction of sp³-hybridized carbons (Fsp3) is 0.500. The van der Waals surface area contributed by atoms with Crippen LogP contribution in [0.3, 0.4) is 0 Å². The van der Waals surface area contributed by atoms with E-state index in [-0.39, 0.29) is 11.9 Å². The molecule has 1 aromatic rings. The van der Waals surface area contributed by atoms with Gasteiger partial charge in [0, 0.05) is 11.6 Å². The van der Waals surface area contributed by atoms with Crippen LogP contribution in [0.4, 0.5) is 0 Å². The zero-order valence-electron chi connectivity index (χ0n) is 11.0. The molecule has 1 aliphatic carbocycles. The third-order valence-corrected chi connectivity index (χ3v) is 3.33. The van der Waals surface area contributed by atoms with Crippen molar-refractivity contribution in [2.24, 2.45) is 5.92 Å². The molecule has 1 fully saturated rings. The lowest BCUT2D eigenvalue weighted by atomic mass is 10.1. The van der Waals surface area contributed by atoms with E-state index in [1.165, 1.54) is 12.8 Å². The Kier molecular flexibility index (Phi) is 3.75. The third kappa shape index (κ3) is 2.75. The molecule has 1 aromatic carbocycles. The molecule has 1 atom stereocenters. The number of benzene rings is 1. The van der Waals surface area contributed by atoms with Crippen molar-refractivity contribution in [2.75, 3.05) is 14.2 Å². The molecule has 1 amide bonds. The number of nitrogens with one attached hydrogen (secondary N) is 1. The van der Waals surface area contributed by atoms with E-state index in [1.807, 2.05) is 0 Å². The van der Waals surface area contributed by atoms with Crippen molar-refractivity contribution in [1.29, 1.82) is 0 Å². The van der Waals surface area contributed by atoms with Crippen LogP contribution in [0.15, 0.2) is 18.2 Å². The molecule has 0 aliphatic heterocycles. The van der Waals surface area contributed by atoms with E-state index in [1.54, 1.807) is 32.4 Å². The fourth-order valence-corrected chi connectivity index (χ4v) is 1.98. The lowest BCUT2D eigenvalue weighted by Gasteiger charge is -2.14. The molecule has 1 N–H and O–H groups in total. The van der Waals surface area contributed by atoms with E-state index in [4.69, 9.17) is 9.47 Å². The summed E-state index contributed by atoms with van der Waals surface area (Å²) in [5.74, 6) is 1.79. The molecule has 1 saturated carbocycles. The van der Waals surface area contributed by atoms with Gasteiger partial charge in [0.25, 0.3) is 5.91 Å².